The molecule has 3 aliphatic rings. The van der Waals surface area contributed by atoms with Gasteiger partial charge in [0.2, 0.25) is 0 Å². The molecule has 0 aliphatic heterocycles. The molecular weight excluding hydrogens is 396 g/mol. The van der Waals surface area contributed by atoms with Gasteiger partial charge in [-0.15, -0.1) is 0 Å². The molecule has 0 saturated carbocycles. The zero-order valence-electron chi connectivity index (χ0n) is 22.4. The van der Waals surface area contributed by atoms with Crippen molar-refractivity contribution in [2.75, 3.05) is 0 Å². The molecule has 0 nitrogen and oxygen atoms in total. The van der Waals surface area contributed by atoms with E-state index < -0.39 is 0 Å². The molecule has 0 bridgehead atoms. The van der Waals surface area contributed by atoms with Crippen LogP contribution in [0.4, 0.5) is 0 Å². The first-order valence-electron chi connectivity index (χ1n) is 15.5. The van der Waals surface area contributed by atoms with Crippen molar-refractivity contribution in [3.8, 4) is 0 Å². The molecule has 0 amide bonds. The van der Waals surface area contributed by atoms with Gasteiger partial charge in [-0.1, -0.05) is 119 Å². The highest BCUT2D eigenvalue weighted by Crippen LogP contribution is 2.52. The van der Waals surface area contributed by atoms with Gasteiger partial charge >= 0.3 is 0 Å². The van der Waals surface area contributed by atoms with Gasteiger partial charge in [-0.05, 0) is 83.5 Å². The summed E-state index contributed by atoms with van der Waals surface area (Å²) in [5.74, 6) is 0. The maximum absolute atomic E-state index is 2.77. The Morgan fingerprint density at radius 2 is 0.697 bits per heavy atom. The molecular formula is C33H56. The Morgan fingerprint density at radius 3 is 1.00 bits per heavy atom. The fourth-order valence-corrected chi connectivity index (χ4v) is 7.10. The van der Waals surface area contributed by atoms with E-state index in [-0.39, 0.29) is 5.41 Å². The van der Waals surface area contributed by atoms with Crippen LogP contribution in [0.1, 0.15) is 167 Å². The number of hydrogen-bond acceptors (Lipinski definition) is 0. The van der Waals surface area contributed by atoms with Gasteiger partial charge in [0.1, 0.15) is 0 Å². The zero-order chi connectivity index (χ0) is 23.0. The zero-order valence-corrected chi connectivity index (χ0v) is 22.4. The van der Waals surface area contributed by atoms with Crippen molar-refractivity contribution in [2.45, 2.75) is 167 Å². The van der Waals surface area contributed by atoms with E-state index in [4.69, 9.17) is 0 Å². The molecule has 188 valence electrons. The van der Waals surface area contributed by atoms with Gasteiger partial charge in [-0.25, -0.2) is 0 Å². The lowest BCUT2D eigenvalue weighted by molar-refractivity contribution is 0.410. The molecule has 0 N–H and O–H groups in total. The number of allylic oxidation sites excluding steroid dienone is 6. The second-order valence-electron chi connectivity index (χ2n) is 11.4. The van der Waals surface area contributed by atoms with Gasteiger partial charge < -0.3 is 0 Å². The van der Waals surface area contributed by atoms with Crippen molar-refractivity contribution in [1.29, 1.82) is 0 Å². The van der Waals surface area contributed by atoms with Gasteiger partial charge in [0.05, 0.1) is 0 Å². The molecule has 3 aliphatic carbocycles. The summed E-state index contributed by atoms with van der Waals surface area (Å²) in [6.07, 6.45) is 43.4. The Morgan fingerprint density at radius 1 is 0.424 bits per heavy atom. The van der Waals surface area contributed by atoms with Crippen molar-refractivity contribution in [3.05, 3.63) is 34.9 Å². The molecule has 0 saturated heterocycles. The molecule has 33 heavy (non-hydrogen) atoms. The molecule has 0 heteroatoms. The average molecular weight is 453 g/mol. The third-order valence-electron chi connectivity index (χ3n) is 9.05. The van der Waals surface area contributed by atoms with Crippen molar-refractivity contribution in [2.24, 2.45) is 5.41 Å². The minimum absolute atomic E-state index is 0.248. The standard InChI is InChI=1S/C33H56/c1-2-33(30-24-18-12-6-3-7-13-19-25-30,31-26-20-14-8-4-9-15-21-27-31)32-28-22-16-10-5-11-17-23-29-32/h24,26,28H,2-23,25,27,29H2,1H3. The van der Waals surface area contributed by atoms with Crippen LogP contribution in [0.25, 0.3) is 0 Å². The fourth-order valence-electron chi connectivity index (χ4n) is 7.10. The predicted molar refractivity (Wildman–Crippen MR) is 148 cm³/mol. The Kier molecular flexibility index (Phi) is 13.0. The van der Waals surface area contributed by atoms with Crippen LogP contribution in [0.15, 0.2) is 34.9 Å². The van der Waals surface area contributed by atoms with E-state index in [1.165, 1.54) is 161 Å². The van der Waals surface area contributed by atoms with Crippen molar-refractivity contribution in [1.82, 2.24) is 0 Å². The van der Waals surface area contributed by atoms with Gasteiger partial charge in [-0.2, -0.15) is 0 Å². The van der Waals surface area contributed by atoms with Crippen molar-refractivity contribution >= 4 is 0 Å². The maximum Gasteiger partial charge on any atom is 0.0327 e. The van der Waals surface area contributed by atoms with E-state index in [9.17, 15) is 0 Å². The summed E-state index contributed by atoms with van der Waals surface area (Å²) in [5, 5.41) is 0. The van der Waals surface area contributed by atoms with E-state index in [0.29, 0.717) is 0 Å². The van der Waals surface area contributed by atoms with Crippen LogP contribution in [0.5, 0.6) is 0 Å². The smallest absolute Gasteiger partial charge is 0.0327 e. The fraction of sp³-hybridized carbons (Fsp3) is 0.818. The lowest BCUT2D eigenvalue weighted by Crippen LogP contribution is -2.29. The molecule has 0 aromatic carbocycles. The van der Waals surface area contributed by atoms with Gasteiger partial charge in [0, 0.05) is 5.41 Å². The molecule has 0 atom stereocenters. The third-order valence-corrected chi connectivity index (χ3v) is 9.05. The average Bonchev–Trinajstić information content (AvgIpc) is 2.86. The maximum atomic E-state index is 2.77. The number of rotatable bonds is 4. The third kappa shape index (κ3) is 8.43. The van der Waals surface area contributed by atoms with Crippen LogP contribution in [0.3, 0.4) is 0 Å². The summed E-state index contributed by atoms with van der Waals surface area (Å²) < 4.78 is 0. The molecule has 0 spiro atoms. The van der Waals surface area contributed by atoms with Crippen LogP contribution in [-0.2, 0) is 0 Å². The Bertz CT molecular complexity index is 532. The summed E-state index contributed by atoms with van der Waals surface area (Å²) in [7, 11) is 0. The van der Waals surface area contributed by atoms with E-state index >= 15 is 0 Å². The Labute approximate surface area is 207 Å². The molecule has 3 rings (SSSR count). The lowest BCUT2D eigenvalue weighted by atomic mass is 9.62. The van der Waals surface area contributed by atoms with Crippen LogP contribution >= 0.6 is 0 Å². The van der Waals surface area contributed by atoms with Crippen LogP contribution in [0, 0.1) is 5.41 Å². The van der Waals surface area contributed by atoms with E-state index in [1.54, 1.807) is 0 Å². The molecule has 0 fully saturated rings. The van der Waals surface area contributed by atoms with E-state index in [2.05, 4.69) is 25.2 Å². The normalized spacial score (nSPS) is 25.5. The molecule has 0 aromatic rings. The van der Waals surface area contributed by atoms with Crippen LogP contribution in [0.2, 0.25) is 0 Å². The Balaban J connectivity index is 2.03. The highest BCUT2D eigenvalue weighted by Gasteiger charge is 2.38. The first kappa shape index (κ1) is 26.8. The topological polar surface area (TPSA) is 0 Å². The quantitative estimate of drug-likeness (QED) is 0.372. The number of hydrogen-bond donors (Lipinski definition) is 0. The van der Waals surface area contributed by atoms with Gasteiger partial charge in [0.25, 0.3) is 0 Å². The first-order chi connectivity index (χ1) is 16.4. The van der Waals surface area contributed by atoms with Crippen molar-refractivity contribution in [3.63, 3.8) is 0 Å². The minimum Gasteiger partial charge on any atom is -0.0841 e. The highest BCUT2D eigenvalue weighted by molar-refractivity contribution is 5.42. The first-order valence-corrected chi connectivity index (χ1v) is 15.5. The largest absolute Gasteiger partial charge is 0.0841 e. The van der Waals surface area contributed by atoms with Crippen LogP contribution < -0.4 is 0 Å². The lowest BCUT2D eigenvalue weighted by Gasteiger charge is -2.42. The van der Waals surface area contributed by atoms with E-state index in [0.717, 1.165) is 0 Å². The SMILES string of the molecule is CCC(C1=CCCCCCCCC1)(C1=CCCCCCCCC1)C1=CCCCCCCCC1. The van der Waals surface area contributed by atoms with E-state index in [1.807, 2.05) is 16.7 Å². The van der Waals surface area contributed by atoms with Crippen LogP contribution in [-0.4, -0.2) is 0 Å². The summed E-state index contributed by atoms with van der Waals surface area (Å²) in [6, 6.07) is 0. The highest BCUT2D eigenvalue weighted by atomic mass is 14.4. The minimum atomic E-state index is 0.248. The summed E-state index contributed by atoms with van der Waals surface area (Å²) >= 11 is 0. The molecule has 0 heterocycles. The molecule has 0 unspecified atom stereocenters. The monoisotopic (exact) mass is 452 g/mol. The molecule has 0 radical (unpaired) electrons. The summed E-state index contributed by atoms with van der Waals surface area (Å²) in [4.78, 5) is 0. The summed E-state index contributed by atoms with van der Waals surface area (Å²) in [6.45, 7) is 2.54. The van der Waals surface area contributed by atoms with Crippen molar-refractivity contribution < 1.29 is 0 Å². The van der Waals surface area contributed by atoms with Gasteiger partial charge in [-0.3, -0.25) is 0 Å². The predicted octanol–water partition coefficient (Wildman–Crippen LogP) is 11.6. The second kappa shape index (κ2) is 16.0. The summed E-state index contributed by atoms with van der Waals surface area (Å²) in [5.41, 5.74) is 5.79. The second-order valence-corrected chi connectivity index (χ2v) is 11.4. The molecule has 0 aromatic heterocycles. The van der Waals surface area contributed by atoms with Gasteiger partial charge in [0.15, 0.2) is 0 Å². The Hall–Kier alpha value is -0.780.